The van der Waals surface area contributed by atoms with E-state index in [1.54, 1.807) is 18.5 Å². The molecule has 0 atom stereocenters. The molecule has 0 saturated carbocycles. The van der Waals surface area contributed by atoms with Crippen LogP contribution in [0.15, 0.2) is 11.4 Å². The highest BCUT2D eigenvalue weighted by molar-refractivity contribution is 7.16. The van der Waals surface area contributed by atoms with Crippen LogP contribution in [-0.2, 0) is 0 Å². The molecule has 0 unspecified atom stereocenters. The number of nitrogens with one attached hydrogen (secondary N) is 1. The largest absolute Gasteiger partial charge is 0.405 e. The van der Waals surface area contributed by atoms with E-state index in [1.807, 2.05) is 0 Å². The Labute approximate surface area is 117 Å². The molecule has 2 rings (SSSR count). The number of halogens is 3. The minimum Gasteiger partial charge on any atom is -0.395 e. The number of alkyl halides is 3. The minimum absolute atomic E-state index is 0.148. The van der Waals surface area contributed by atoms with Crippen LogP contribution in [0.25, 0.3) is 10.2 Å². The lowest BCUT2D eigenvalue weighted by Gasteiger charge is -2.24. The van der Waals surface area contributed by atoms with Crippen molar-refractivity contribution in [2.24, 2.45) is 0 Å². The van der Waals surface area contributed by atoms with Crippen LogP contribution in [-0.4, -0.2) is 48.0 Å². The van der Waals surface area contributed by atoms with E-state index in [2.05, 4.69) is 15.3 Å². The van der Waals surface area contributed by atoms with E-state index in [-0.39, 0.29) is 24.9 Å². The number of thiophene rings is 1. The Morgan fingerprint density at radius 3 is 2.75 bits per heavy atom. The average molecular weight is 306 g/mol. The predicted octanol–water partition coefficient (Wildman–Crippen LogP) is 2.09. The lowest BCUT2D eigenvalue weighted by atomic mass is 10.3. The Kier molecular flexibility index (Phi) is 4.29. The van der Waals surface area contributed by atoms with Crippen LogP contribution < -0.4 is 10.2 Å². The highest BCUT2D eigenvalue weighted by Crippen LogP contribution is 2.30. The fraction of sp³-hybridized carbons (Fsp3) is 0.455. The van der Waals surface area contributed by atoms with E-state index in [1.165, 1.54) is 11.3 Å². The summed E-state index contributed by atoms with van der Waals surface area (Å²) in [5, 5.41) is 14.0. The van der Waals surface area contributed by atoms with Gasteiger partial charge in [0.1, 0.15) is 17.2 Å². The number of aromatic nitrogens is 2. The van der Waals surface area contributed by atoms with Gasteiger partial charge in [-0.05, 0) is 11.4 Å². The molecule has 0 spiro atoms. The number of anilines is 2. The molecule has 5 nitrogen and oxygen atoms in total. The topological polar surface area (TPSA) is 61.3 Å². The third-order valence-corrected chi connectivity index (χ3v) is 3.37. The van der Waals surface area contributed by atoms with Crippen LogP contribution in [0, 0.1) is 0 Å². The standard InChI is InChI=1S/C11H13F3N4OS/c1-15-10-16-8(7-2-5-20-9(7)17-10)18(3-4-19)6-11(12,13)14/h2,5,19H,3-4,6H2,1H3,(H,15,16,17). The first-order valence-corrected chi connectivity index (χ1v) is 6.68. The van der Waals surface area contributed by atoms with Crippen molar-refractivity contribution in [3.63, 3.8) is 0 Å². The zero-order valence-corrected chi connectivity index (χ0v) is 11.4. The summed E-state index contributed by atoms with van der Waals surface area (Å²) in [7, 11) is 1.60. The third-order valence-electron chi connectivity index (χ3n) is 2.57. The molecule has 0 aliphatic rings. The van der Waals surface area contributed by atoms with E-state index in [4.69, 9.17) is 5.11 Å². The Morgan fingerprint density at radius 1 is 1.40 bits per heavy atom. The van der Waals surface area contributed by atoms with Crippen molar-refractivity contribution in [3.8, 4) is 0 Å². The maximum absolute atomic E-state index is 12.6. The number of nitrogens with zero attached hydrogens (tertiary/aromatic N) is 3. The van der Waals surface area contributed by atoms with E-state index in [9.17, 15) is 13.2 Å². The summed E-state index contributed by atoms with van der Waals surface area (Å²) in [4.78, 5) is 9.89. The molecule has 0 aliphatic carbocycles. The van der Waals surface area contributed by atoms with Crippen molar-refractivity contribution >= 4 is 33.3 Å². The zero-order valence-electron chi connectivity index (χ0n) is 10.6. The average Bonchev–Trinajstić information content (AvgIpc) is 2.83. The highest BCUT2D eigenvalue weighted by Gasteiger charge is 2.32. The number of aliphatic hydroxyl groups is 1. The molecule has 20 heavy (non-hydrogen) atoms. The van der Waals surface area contributed by atoms with Gasteiger partial charge in [-0.1, -0.05) is 0 Å². The van der Waals surface area contributed by atoms with Gasteiger partial charge in [0.05, 0.1) is 12.0 Å². The minimum atomic E-state index is -4.37. The SMILES string of the molecule is CNc1nc(N(CCO)CC(F)(F)F)c2ccsc2n1. The Balaban J connectivity index is 2.48. The van der Waals surface area contributed by atoms with E-state index in [0.717, 1.165) is 4.90 Å². The van der Waals surface area contributed by atoms with Gasteiger partial charge in [-0.2, -0.15) is 18.2 Å². The van der Waals surface area contributed by atoms with E-state index >= 15 is 0 Å². The molecule has 0 amide bonds. The second kappa shape index (κ2) is 5.80. The predicted molar refractivity (Wildman–Crippen MR) is 72.3 cm³/mol. The summed E-state index contributed by atoms with van der Waals surface area (Å²) in [6.45, 7) is -1.70. The van der Waals surface area contributed by atoms with Crippen LogP contribution in [0.4, 0.5) is 24.9 Å². The fourth-order valence-electron chi connectivity index (χ4n) is 1.79. The first-order chi connectivity index (χ1) is 9.44. The second-order valence-electron chi connectivity index (χ2n) is 4.02. The van der Waals surface area contributed by atoms with Crippen LogP contribution in [0.2, 0.25) is 0 Å². The molecule has 0 saturated heterocycles. The summed E-state index contributed by atoms with van der Waals surface area (Å²) in [6, 6.07) is 1.68. The van der Waals surface area contributed by atoms with Gasteiger partial charge in [0.15, 0.2) is 0 Å². The number of fused-ring (bicyclic) bond motifs is 1. The van der Waals surface area contributed by atoms with Crippen LogP contribution >= 0.6 is 11.3 Å². The lowest BCUT2D eigenvalue weighted by Crippen LogP contribution is -2.37. The molecule has 0 radical (unpaired) electrons. The highest BCUT2D eigenvalue weighted by atomic mass is 32.1. The Morgan fingerprint density at radius 2 is 2.15 bits per heavy atom. The Bertz CT molecular complexity index is 587. The summed E-state index contributed by atoms with van der Waals surface area (Å²) in [5.41, 5.74) is 0. The summed E-state index contributed by atoms with van der Waals surface area (Å²) < 4.78 is 37.9. The van der Waals surface area contributed by atoms with Crippen molar-refractivity contribution in [3.05, 3.63) is 11.4 Å². The van der Waals surface area contributed by atoms with Crippen molar-refractivity contribution in [1.29, 1.82) is 0 Å². The molecule has 0 bridgehead atoms. The van der Waals surface area contributed by atoms with Gasteiger partial charge in [-0.25, -0.2) is 4.98 Å². The maximum Gasteiger partial charge on any atom is 0.405 e. The van der Waals surface area contributed by atoms with Gasteiger partial charge in [0, 0.05) is 13.6 Å². The molecule has 2 aromatic rings. The van der Waals surface area contributed by atoms with Gasteiger partial charge in [-0.15, -0.1) is 11.3 Å². The fourth-order valence-corrected chi connectivity index (χ4v) is 2.55. The number of hydrogen-bond donors (Lipinski definition) is 2. The number of aliphatic hydroxyl groups excluding tert-OH is 1. The van der Waals surface area contributed by atoms with Crippen molar-refractivity contribution in [1.82, 2.24) is 9.97 Å². The first-order valence-electron chi connectivity index (χ1n) is 5.80. The van der Waals surface area contributed by atoms with Crippen LogP contribution in [0.3, 0.4) is 0 Å². The number of hydrogen-bond acceptors (Lipinski definition) is 6. The Hall–Kier alpha value is -1.61. The molecule has 9 heteroatoms. The molecular formula is C11H13F3N4OS. The summed E-state index contributed by atoms with van der Waals surface area (Å²) in [6.07, 6.45) is -4.37. The van der Waals surface area contributed by atoms with Gasteiger partial charge >= 0.3 is 6.18 Å². The normalized spacial score (nSPS) is 11.8. The van der Waals surface area contributed by atoms with E-state index < -0.39 is 12.7 Å². The molecule has 0 aromatic carbocycles. The van der Waals surface area contributed by atoms with Gasteiger partial charge in [0.2, 0.25) is 5.95 Å². The number of rotatable bonds is 5. The second-order valence-corrected chi connectivity index (χ2v) is 4.92. The van der Waals surface area contributed by atoms with Crippen molar-refractivity contribution in [2.45, 2.75) is 6.18 Å². The third kappa shape index (κ3) is 3.28. The molecule has 2 aromatic heterocycles. The van der Waals surface area contributed by atoms with E-state index in [0.29, 0.717) is 10.2 Å². The molecule has 2 heterocycles. The van der Waals surface area contributed by atoms with Crippen LogP contribution in [0.1, 0.15) is 0 Å². The van der Waals surface area contributed by atoms with Gasteiger partial charge < -0.3 is 15.3 Å². The molecule has 110 valence electrons. The summed E-state index contributed by atoms with van der Waals surface area (Å²) >= 11 is 1.32. The zero-order chi connectivity index (χ0) is 14.8. The molecular weight excluding hydrogens is 293 g/mol. The van der Waals surface area contributed by atoms with Crippen molar-refractivity contribution < 1.29 is 18.3 Å². The van der Waals surface area contributed by atoms with Gasteiger partial charge in [0.25, 0.3) is 0 Å². The van der Waals surface area contributed by atoms with Gasteiger partial charge in [-0.3, -0.25) is 0 Å². The van der Waals surface area contributed by atoms with Crippen molar-refractivity contribution in [2.75, 3.05) is 37.0 Å². The molecule has 2 N–H and O–H groups in total. The van der Waals surface area contributed by atoms with Crippen LogP contribution in [0.5, 0.6) is 0 Å². The molecule has 0 fully saturated rings. The quantitative estimate of drug-likeness (QED) is 0.886. The smallest absolute Gasteiger partial charge is 0.395 e. The first kappa shape index (κ1) is 14.8. The monoisotopic (exact) mass is 306 g/mol. The maximum atomic E-state index is 12.6. The lowest BCUT2D eigenvalue weighted by molar-refractivity contribution is -0.119. The summed E-state index contributed by atoms with van der Waals surface area (Å²) in [5.74, 6) is 0.423. The molecule has 0 aliphatic heterocycles.